The Balaban J connectivity index is 2.16. The molecule has 5 nitrogen and oxygen atoms in total. The summed E-state index contributed by atoms with van der Waals surface area (Å²) in [6.45, 7) is 9.55. The molecule has 0 unspecified atom stereocenters. The monoisotopic (exact) mass is 376 g/mol. The molecule has 2 heterocycles. The van der Waals surface area contributed by atoms with Crippen LogP contribution in [0.5, 0.6) is 0 Å². The highest BCUT2D eigenvalue weighted by molar-refractivity contribution is 5.70. The maximum absolute atomic E-state index is 13.8. The van der Waals surface area contributed by atoms with Crippen LogP contribution < -0.4 is 10.5 Å². The summed E-state index contributed by atoms with van der Waals surface area (Å²) in [7, 11) is 2.06. The number of halogens is 2. The van der Waals surface area contributed by atoms with E-state index >= 15 is 0 Å². The van der Waals surface area contributed by atoms with Crippen LogP contribution in [0.2, 0.25) is 0 Å². The van der Waals surface area contributed by atoms with Gasteiger partial charge in [0.05, 0.1) is 5.69 Å². The third-order valence-electron chi connectivity index (χ3n) is 4.92. The van der Waals surface area contributed by atoms with E-state index in [9.17, 15) is 13.6 Å². The van der Waals surface area contributed by atoms with Crippen LogP contribution in [0, 0.1) is 24.5 Å². The predicted molar refractivity (Wildman–Crippen MR) is 103 cm³/mol. The quantitative estimate of drug-likeness (QED) is 0.823. The van der Waals surface area contributed by atoms with E-state index < -0.39 is 11.6 Å². The van der Waals surface area contributed by atoms with E-state index in [0.29, 0.717) is 29.1 Å². The Morgan fingerprint density at radius 2 is 1.78 bits per heavy atom. The van der Waals surface area contributed by atoms with E-state index in [0.717, 1.165) is 38.3 Å². The Bertz CT molecular complexity index is 886. The molecular weight excluding hydrogens is 350 g/mol. The van der Waals surface area contributed by atoms with Crippen molar-refractivity contribution in [2.45, 2.75) is 27.3 Å². The lowest BCUT2D eigenvalue weighted by atomic mass is 10.0. The van der Waals surface area contributed by atoms with Crippen molar-refractivity contribution in [2.75, 3.05) is 38.1 Å². The minimum absolute atomic E-state index is 0.128. The van der Waals surface area contributed by atoms with Crippen LogP contribution in [0.25, 0.3) is 11.3 Å². The third kappa shape index (κ3) is 4.03. The number of benzene rings is 1. The molecule has 0 amide bonds. The van der Waals surface area contributed by atoms with Crippen molar-refractivity contribution >= 4 is 5.69 Å². The van der Waals surface area contributed by atoms with Crippen molar-refractivity contribution in [3.8, 4) is 11.3 Å². The number of likely N-dealkylation sites (N-methyl/N-ethyl adjacent to an activating group) is 1. The first-order valence-electron chi connectivity index (χ1n) is 9.28. The average molecular weight is 376 g/mol. The molecule has 1 aliphatic rings. The zero-order valence-corrected chi connectivity index (χ0v) is 16.3. The molecule has 0 atom stereocenters. The third-order valence-corrected chi connectivity index (χ3v) is 4.92. The highest BCUT2D eigenvalue weighted by Gasteiger charge is 2.24. The Morgan fingerprint density at radius 1 is 1.11 bits per heavy atom. The van der Waals surface area contributed by atoms with Gasteiger partial charge in [-0.05, 0) is 38.1 Å². The highest BCUT2D eigenvalue weighted by atomic mass is 19.2. The van der Waals surface area contributed by atoms with Gasteiger partial charge in [-0.1, -0.05) is 13.8 Å². The molecule has 1 saturated heterocycles. The van der Waals surface area contributed by atoms with Crippen molar-refractivity contribution in [1.82, 2.24) is 14.7 Å². The van der Waals surface area contributed by atoms with Crippen LogP contribution in [-0.2, 0) is 6.54 Å². The van der Waals surface area contributed by atoms with E-state index in [1.54, 1.807) is 0 Å². The molecule has 7 heteroatoms. The Labute approximate surface area is 158 Å². The van der Waals surface area contributed by atoms with Gasteiger partial charge >= 0.3 is 0 Å². The lowest BCUT2D eigenvalue weighted by Gasteiger charge is -2.34. The summed E-state index contributed by atoms with van der Waals surface area (Å²) in [4.78, 5) is 17.4. The summed E-state index contributed by atoms with van der Waals surface area (Å²) >= 11 is 0. The van der Waals surface area contributed by atoms with Crippen molar-refractivity contribution in [3.05, 3.63) is 45.8 Å². The van der Waals surface area contributed by atoms with Crippen LogP contribution in [0.15, 0.2) is 23.0 Å². The van der Waals surface area contributed by atoms with Crippen LogP contribution >= 0.6 is 0 Å². The van der Waals surface area contributed by atoms with Crippen molar-refractivity contribution in [3.63, 3.8) is 0 Å². The Kier molecular flexibility index (Phi) is 5.60. The zero-order chi connectivity index (χ0) is 19.7. The minimum Gasteiger partial charge on any atom is -0.364 e. The lowest BCUT2D eigenvalue weighted by molar-refractivity contribution is 0.312. The normalized spacial score (nSPS) is 15.6. The largest absolute Gasteiger partial charge is 0.364 e. The SMILES string of the molecule is Cc1c(-c2ccc(F)c(F)c2)nn(CC(C)C)c(=O)c1N1CCN(C)CC1. The van der Waals surface area contributed by atoms with E-state index in [2.05, 4.69) is 21.9 Å². The molecule has 1 fully saturated rings. The van der Waals surface area contributed by atoms with Gasteiger partial charge in [-0.25, -0.2) is 13.5 Å². The zero-order valence-electron chi connectivity index (χ0n) is 16.3. The molecule has 3 rings (SSSR count). The number of aromatic nitrogens is 2. The number of hydrogen-bond acceptors (Lipinski definition) is 4. The fourth-order valence-corrected chi connectivity index (χ4v) is 3.43. The predicted octanol–water partition coefficient (Wildman–Crippen LogP) is 2.90. The molecular formula is C20H26F2N4O. The van der Waals surface area contributed by atoms with Gasteiger partial charge in [0, 0.05) is 43.9 Å². The molecule has 146 valence electrons. The lowest BCUT2D eigenvalue weighted by Crippen LogP contribution is -2.47. The number of anilines is 1. The van der Waals surface area contributed by atoms with E-state index in [-0.39, 0.29) is 11.5 Å². The molecule has 1 aromatic heterocycles. The van der Waals surface area contributed by atoms with Gasteiger partial charge in [0.2, 0.25) is 0 Å². The van der Waals surface area contributed by atoms with Crippen molar-refractivity contribution in [1.29, 1.82) is 0 Å². The fraction of sp³-hybridized carbons (Fsp3) is 0.500. The second-order valence-electron chi connectivity index (χ2n) is 7.62. The van der Waals surface area contributed by atoms with Gasteiger partial charge in [-0.15, -0.1) is 0 Å². The first kappa shape index (κ1) is 19.5. The van der Waals surface area contributed by atoms with Crippen LogP contribution in [-0.4, -0.2) is 47.9 Å². The summed E-state index contributed by atoms with van der Waals surface area (Å²) in [5.74, 6) is -1.58. The van der Waals surface area contributed by atoms with Crippen molar-refractivity contribution < 1.29 is 8.78 Å². The molecule has 0 bridgehead atoms. The van der Waals surface area contributed by atoms with Crippen molar-refractivity contribution in [2.24, 2.45) is 5.92 Å². The maximum atomic E-state index is 13.8. The Morgan fingerprint density at radius 3 is 2.37 bits per heavy atom. The number of piperazine rings is 1. The summed E-state index contributed by atoms with van der Waals surface area (Å²) < 4.78 is 28.6. The van der Waals surface area contributed by atoms with E-state index in [1.807, 2.05) is 20.8 Å². The number of nitrogens with zero attached hydrogens (tertiary/aromatic N) is 4. The van der Waals surface area contributed by atoms with Crippen LogP contribution in [0.4, 0.5) is 14.5 Å². The molecule has 2 aromatic rings. The van der Waals surface area contributed by atoms with Gasteiger partial charge in [0.1, 0.15) is 5.69 Å². The number of rotatable bonds is 4. The van der Waals surface area contributed by atoms with E-state index in [4.69, 9.17) is 0 Å². The molecule has 0 aliphatic carbocycles. The standard InChI is InChI=1S/C20H26F2N4O/c1-13(2)12-26-20(27)19(25-9-7-24(4)8-10-25)14(3)18(23-26)15-5-6-16(21)17(22)11-15/h5-6,11,13H,7-10,12H2,1-4H3. The molecule has 0 N–H and O–H groups in total. The summed E-state index contributed by atoms with van der Waals surface area (Å²) in [6, 6.07) is 3.74. The first-order valence-corrected chi connectivity index (χ1v) is 9.28. The first-order chi connectivity index (χ1) is 12.8. The molecule has 1 aromatic carbocycles. The van der Waals surface area contributed by atoms with Gasteiger partial charge in [-0.2, -0.15) is 5.10 Å². The smallest absolute Gasteiger partial charge is 0.290 e. The van der Waals surface area contributed by atoms with Gasteiger partial charge in [0.15, 0.2) is 11.6 Å². The van der Waals surface area contributed by atoms with Crippen LogP contribution in [0.3, 0.4) is 0 Å². The second kappa shape index (κ2) is 7.76. The maximum Gasteiger partial charge on any atom is 0.290 e. The topological polar surface area (TPSA) is 41.4 Å². The molecule has 27 heavy (non-hydrogen) atoms. The van der Waals surface area contributed by atoms with Gasteiger partial charge in [-0.3, -0.25) is 4.79 Å². The van der Waals surface area contributed by atoms with Crippen LogP contribution in [0.1, 0.15) is 19.4 Å². The Hall–Kier alpha value is -2.28. The van der Waals surface area contributed by atoms with Gasteiger partial charge in [0.25, 0.3) is 5.56 Å². The summed E-state index contributed by atoms with van der Waals surface area (Å²) in [5, 5.41) is 4.50. The molecule has 0 saturated carbocycles. The highest BCUT2D eigenvalue weighted by Crippen LogP contribution is 2.28. The summed E-state index contributed by atoms with van der Waals surface area (Å²) in [6.07, 6.45) is 0. The molecule has 1 aliphatic heterocycles. The van der Waals surface area contributed by atoms with E-state index in [1.165, 1.54) is 10.7 Å². The minimum atomic E-state index is -0.920. The van der Waals surface area contributed by atoms with Gasteiger partial charge < -0.3 is 9.80 Å². The molecule has 0 spiro atoms. The molecule has 0 radical (unpaired) electrons. The second-order valence-corrected chi connectivity index (χ2v) is 7.62. The fourth-order valence-electron chi connectivity index (χ4n) is 3.43. The number of hydrogen-bond donors (Lipinski definition) is 0. The average Bonchev–Trinajstić information content (AvgIpc) is 2.61. The summed E-state index contributed by atoms with van der Waals surface area (Å²) in [5.41, 5.74) is 2.17.